The van der Waals surface area contributed by atoms with Crippen LogP contribution >= 0.6 is 0 Å². The zero-order chi connectivity index (χ0) is 13.1. The van der Waals surface area contributed by atoms with Crippen molar-refractivity contribution in [3.63, 3.8) is 0 Å². The van der Waals surface area contributed by atoms with Crippen LogP contribution in [0.2, 0.25) is 0 Å². The number of benzene rings is 1. The van der Waals surface area contributed by atoms with Gasteiger partial charge in [0, 0.05) is 37.6 Å². The van der Waals surface area contributed by atoms with Gasteiger partial charge < -0.3 is 9.30 Å². The van der Waals surface area contributed by atoms with Crippen LogP contribution in [0, 0.1) is 6.92 Å². The topological polar surface area (TPSA) is 30.3 Å². The lowest BCUT2D eigenvalue weighted by molar-refractivity contribution is 0.0930. The first-order valence-electron chi connectivity index (χ1n) is 6.72. The zero-order valence-corrected chi connectivity index (χ0v) is 11.2. The summed E-state index contributed by atoms with van der Waals surface area (Å²) in [6.45, 7) is 5.84. The molecule has 1 aliphatic heterocycles. The van der Waals surface area contributed by atoms with Gasteiger partial charge in [-0.05, 0) is 25.0 Å². The van der Waals surface area contributed by atoms with Crippen molar-refractivity contribution in [1.82, 2.24) is 14.5 Å². The molecule has 1 aromatic carbocycles. The molecule has 3 rings (SSSR count). The SMILES string of the molecule is Cc1ccc2c(c1)OCN(CCCn1ccnc1)C2. The zero-order valence-electron chi connectivity index (χ0n) is 11.2. The van der Waals surface area contributed by atoms with Gasteiger partial charge in [-0.2, -0.15) is 0 Å². The normalized spacial score (nSPS) is 15.0. The van der Waals surface area contributed by atoms with Gasteiger partial charge >= 0.3 is 0 Å². The molecule has 2 aromatic rings. The highest BCUT2D eigenvalue weighted by atomic mass is 16.5. The molecular weight excluding hydrogens is 238 g/mol. The molecule has 1 aliphatic rings. The van der Waals surface area contributed by atoms with Crippen LogP contribution in [0.15, 0.2) is 36.9 Å². The molecule has 0 amide bonds. The third-order valence-electron chi connectivity index (χ3n) is 3.47. The third-order valence-corrected chi connectivity index (χ3v) is 3.47. The summed E-state index contributed by atoms with van der Waals surface area (Å²) in [6.07, 6.45) is 6.80. The van der Waals surface area contributed by atoms with Crippen LogP contribution < -0.4 is 4.74 Å². The molecule has 2 heterocycles. The fraction of sp³-hybridized carbons (Fsp3) is 0.400. The van der Waals surface area contributed by atoms with Gasteiger partial charge in [0.05, 0.1) is 6.33 Å². The highest BCUT2D eigenvalue weighted by molar-refractivity contribution is 5.37. The molecule has 0 aliphatic carbocycles. The average Bonchev–Trinajstić information content (AvgIpc) is 2.92. The van der Waals surface area contributed by atoms with Gasteiger partial charge in [-0.25, -0.2) is 4.98 Å². The van der Waals surface area contributed by atoms with E-state index in [4.69, 9.17) is 4.74 Å². The maximum Gasteiger partial charge on any atom is 0.142 e. The number of fused-ring (bicyclic) bond motifs is 1. The van der Waals surface area contributed by atoms with Crippen molar-refractivity contribution < 1.29 is 4.74 Å². The Bertz CT molecular complexity index is 536. The number of imidazole rings is 1. The average molecular weight is 257 g/mol. The van der Waals surface area contributed by atoms with Crippen molar-refractivity contribution in [3.8, 4) is 5.75 Å². The smallest absolute Gasteiger partial charge is 0.142 e. The summed E-state index contributed by atoms with van der Waals surface area (Å²) in [6, 6.07) is 6.45. The Balaban J connectivity index is 1.53. The first-order valence-corrected chi connectivity index (χ1v) is 6.72. The van der Waals surface area contributed by atoms with Crippen molar-refractivity contribution in [3.05, 3.63) is 48.0 Å². The molecule has 0 radical (unpaired) electrons. The lowest BCUT2D eigenvalue weighted by Gasteiger charge is -2.29. The Morgan fingerprint density at radius 3 is 3.11 bits per heavy atom. The molecule has 4 heteroatoms. The molecule has 0 N–H and O–H groups in total. The Hall–Kier alpha value is -1.81. The lowest BCUT2D eigenvalue weighted by atomic mass is 10.1. The molecule has 100 valence electrons. The number of rotatable bonds is 4. The van der Waals surface area contributed by atoms with Crippen molar-refractivity contribution in [2.24, 2.45) is 0 Å². The molecule has 4 nitrogen and oxygen atoms in total. The second kappa shape index (κ2) is 5.45. The van der Waals surface area contributed by atoms with E-state index < -0.39 is 0 Å². The van der Waals surface area contributed by atoms with Crippen LogP contribution in [0.5, 0.6) is 5.75 Å². The summed E-state index contributed by atoms with van der Waals surface area (Å²) in [5, 5.41) is 0. The van der Waals surface area contributed by atoms with Gasteiger partial charge in [0.25, 0.3) is 0 Å². The quantitative estimate of drug-likeness (QED) is 0.842. The molecule has 0 saturated carbocycles. The van der Waals surface area contributed by atoms with E-state index in [1.54, 1.807) is 0 Å². The summed E-state index contributed by atoms with van der Waals surface area (Å²) < 4.78 is 7.92. The van der Waals surface area contributed by atoms with Crippen LogP contribution in [0.1, 0.15) is 17.5 Å². The Kier molecular flexibility index (Phi) is 3.51. The van der Waals surface area contributed by atoms with Crippen molar-refractivity contribution in [1.29, 1.82) is 0 Å². The van der Waals surface area contributed by atoms with E-state index in [9.17, 15) is 0 Å². The predicted molar refractivity (Wildman–Crippen MR) is 73.9 cm³/mol. The number of nitrogens with zero attached hydrogens (tertiary/aromatic N) is 3. The number of ether oxygens (including phenoxy) is 1. The van der Waals surface area contributed by atoms with Crippen LogP contribution in [-0.2, 0) is 13.1 Å². The van der Waals surface area contributed by atoms with Crippen molar-refractivity contribution in [2.75, 3.05) is 13.3 Å². The first kappa shape index (κ1) is 12.2. The Morgan fingerprint density at radius 2 is 2.26 bits per heavy atom. The van der Waals surface area contributed by atoms with Gasteiger partial charge in [-0.3, -0.25) is 4.90 Å². The molecule has 19 heavy (non-hydrogen) atoms. The van der Waals surface area contributed by atoms with Crippen LogP contribution in [0.4, 0.5) is 0 Å². The van der Waals surface area contributed by atoms with Gasteiger partial charge in [0.15, 0.2) is 0 Å². The van der Waals surface area contributed by atoms with E-state index in [2.05, 4.69) is 39.6 Å². The molecule has 0 bridgehead atoms. The van der Waals surface area contributed by atoms with E-state index in [0.29, 0.717) is 6.73 Å². The maximum absolute atomic E-state index is 5.81. The first-order chi connectivity index (χ1) is 9.31. The number of hydrogen-bond acceptors (Lipinski definition) is 3. The summed E-state index contributed by atoms with van der Waals surface area (Å²) >= 11 is 0. The van der Waals surface area contributed by atoms with Gasteiger partial charge in [0.2, 0.25) is 0 Å². The monoisotopic (exact) mass is 257 g/mol. The highest BCUT2D eigenvalue weighted by Gasteiger charge is 2.16. The number of hydrogen-bond donors (Lipinski definition) is 0. The summed E-state index contributed by atoms with van der Waals surface area (Å²) in [5.41, 5.74) is 2.55. The van der Waals surface area contributed by atoms with E-state index in [0.717, 1.165) is 31.8 Å². The summed E-state index contributed by atoms with van der Waals surface area (Å²) in [5.74, 6) is 1.05. The van der Waals surface area contributed by atoms with Crippen molar-refractivity contribution >= 4 is 0 Å². The molecule has 1 aromatic heterocycles. The molecule has 0 unspecified atom stereocenters. The molecule has 0 atom stereocenters. The predicted octanol–water partition coefficient (Wildman–Crippen LogP) is 2.43. The van der Waals surface area contributed by atoms with E-state index in [-0.39, 0.29) is 0 Å². The van der Waals surface area contributed by atoms with E-state index in [1.807, 2.05) is 18.7 Å². The fourth-order valence-corrected chi connectivity index (χ4v) is 2.41. The maximum atomic E-state index is 5.81. The van der Waals surface area contributed by atoms with Crippen LogP contribution in [0.25, 0.3) is 0 Å². The molecule has 0 fully saturated rings. The van der Waals surface area contributed by atoms with Gasteiger partial charge in [-0.1, -0.05) is 12.1 Å². The Labute approximate surface area is 113 Å². The minimum atomic E-state index is 0.695. The van der Waals surface area contributed by atoms with Crippen LogP contribution in [0.3, 0.4) is 0 Å². The lowest BCUT2D eigenvalue weighted by Crippen LogP contribution is -2.33. The number of aromatic nitrogens is 2. The Morgan fingerprint density at radius 1 is 1.32 bits per heavy atom. The van der Waals surface area contributed by atoms with Crippen molar-refractivity contribution in [2.45, 2.75) is 26.4 Å². The molecule has 0 saturated heterocycles. The third kappa shape index (κ3) is 2.96. The van der Waals surface area contributed by atoms with E-state index >= 15 is 0 Å². The minimum absolute atomic E-state index is 0.695. The molecule has 0 spiro atoms. The van der Waals surface area contributed by atoms with Crippen LogP contribution in [-0.4, -0.2) is 27.7 Å². The second-order valence-corrected chi connectivity index (χ2v) is 5.09. The van der Waals surface area contributed by atoms with Gasteiger partial charge in [-0.15, -0.1) is 0 Å². The minimum Gasteiger partial charge on any atom is -0.478 e. The second-order valence-electron chi connectivity index (χ2n) is 5.09. The van der Waals surface area contributed by atoms with Gasteiger partial charge in [0.1, 0.15) is 12.5 Å². The standard InChI is InChI=1S/C15H19N3O/c1-13-3-4-14-10-18(12-19-15(14)9-13)7-2-6-17-8-5-16-11-17/h3-5,8-9,11H,2,6-7,10,12H2,1H3. The van der Waals surface area contributed by atoms with E-state index in [1.165, 1.54) is 11.1 Å². The molecular formula is C15H19N3O. The largest absolute Gasteiger partial charge is 0.478 e. The fourth-order valence-electron chi connectivity index (χ4n) is 2.41. The highest BCUT2D eigenvalue weighted by Crippen LogP contribution is 2.25. The summed E-state index contributed by atoms with van der Waals surface area (Å²) in [7, 11) is 0. The summed E-state index contributed by atoms with van der Waals surface area (Å²) in [4.78, 5) is 6.39. The number of aryl methyl sites for hydroxylation is 2.